The molecule has 1 aliphatic carbocycles. The number of hydrogen-bond donors (Lipinski definition) is 2. The van der Waals surface area contributed by atoms with Gasteiger partial charge in [-0.2, -0.15) is 5.26 Å². The van der Waals surface area contributed by atoms with Gasteiger partial charge >= 0.3 is 0 Å². The van der Waals surface area contributed by atoms with E-state index in [0.717, 1.165) is 29.8 Å². The number of hydrogen-bond acceptors (Lipinski definition) is 4. The molecule has 0 aliphatic heterocycles. The first kappa shape index (κ1) is 15.2. The van der Waals surface area contributed by atoms with Gasteiger partial charge in [0.2, 0.25) is 0 Å². The third-order valence-electron chi connectivity index (χ3n) is 4.15. The lowest BCUT2D eigenvalue weighted by Gasteiger charge is -2.40. The van der Waals surface area contributed by atoms with Gasteiger partial charge in [0, 0.05) is 4.90 Å². The van der Waals surface area contributed by atoms with Crippen LogP contribution in [0.2, 0.25) is 0 Å². The molecule has 1 fully saturated rings. The molecule has 0 amide bonds. The van der Waals surface area contributed by atoms with Crippen molar-refractivity contribution in [1.29, 1.82) is 5.26 Å². The van der Waals surface area contributed by atoms with Crippen molar-refractivity contribution < 1.29 is 5.11 Å². The molecule has 1 aliphatic rings. The third kappa shape index (κ3) is 3.11. The van der Waals surface area contributed by atoms with E-state index in [1.807, 2.05) is 24.5 Å². The molecule has 1 saturated carbocycles. The highest BCUT2D eigenvalue weighted by Gasteiger charge is 2.34. The molecule has 0 heterocycles. The van der Waals surface area contributed by atoms with Crippen LogP contribution in [0, 0.1) is 17.2 Å². The molecule has 2 atom stereocenters. The molecule has 1 aromatic carbocycles. The van der Waals surface area contributed by atoms with E-state index in [2.05, 4.69) is 18.3 Å². The van der Waals surface area contributed by atoms with E-state index in [9.17, 15) is 10.4 Å². The predicted octanol–water partition coefficient (Wildman–Crippen LogP) is 3.63. The first-order chi connectivity index (χ1) is 9.64. The first-order valence-electron chi connectivity index (χ1n) is 7.10. The Kier molecular flexibility index (Phi) is 4.95. The number of aliphatic hydroxyl groups is 1. The normalized spacial score (nSPS) is 26.0. The summed E-state index contributed by atoms with van der Waals surface area (Å²) in [6, 6.07) is 8.16. The van der Waals surface area contributed by atoms with Crippen LogP contribution in [0.15, 0.2) is 23.1 Å². The van der Waals surface area contributed by atoms with Gasteiger partial charge in [-0.3, -0.25) is 0 Å². The van der Waals surface area contributed by atoms with Crippen molar-refractivity contribution in [2.24, 2.45) is 5.92 Å². The Hall–Kier alpha value is -1.18. The fourth-order valence-electron chi connectivity index (χ4n) is 3.16. The van der Waals surface area contributed by atoms with Crippen LogP contribution in [0.3, 0.4) is 0 Å². The Morgan fingerprint density at radius 2 is 2.35 bits per heavy atom. The Labute approximate surface area is 125 Å². The Bertz CT molecular complexity index is 512. The molecule has 2 unspecified atom stereocenters. The molecule has 0 aromatic heterocycles. The molecule has 0 bridgehead atoms. The number of nitriles is 1. The third-order valence-corrected chi connectivity index (χ3v) is 4.93. The van der Waals surface area contributed by atoms with E-state index in [0.29, 0.717) is 11.5 Å². The summed E-state index contributed by atoms with van der Waals surface area (Å²) >= 11 is 1.58. The molecule has 2 rings (SSSR count). The lowest BCUT2D eigenvalue weighted by molar-refractivity contribution is 0.149. The van der Waals surface area contributed by atoms with Crippen LogP contribution >= 0.6 is 11.8 Å². The second kappa shape index (κ2) is 6.51. The Morgan fingerprint density at radius 1 is 1.55 bits per heavy atom. The minimum absolute atomic E-state index is 0.117. The van der Waals surface area contributed by atoms with E-state index >= 15 is 0 Å². The summed E-state index contributed by atoms with van der Waals surface area (Å²) in [5.41, 5.74) is 1.26. The zero-order valence-corrected chi connectivity index (χ0v) is 13.0. The topological polar surface area (TPSA) is 56.0 Å². The van der Waals surface area contributed by atoms with Gasteiger partial charge in [0.25, 0.3) is 0 Å². The number of thioether (sulfide) groups is 1. The summed E-state index contributed by atoms with van der Waals surface area (Å²) in [7, 11) is 0. The first-order valence-corrected chi connectivity index (χ1v) is 8.33. The van der Waals surface area contributed by atoms with E-state index < -0.39 is 0 Å². The Morgan fingerprint density at radius 3 is 2.95 bits per heavy atom. The number of nitrogens with one attached hydrogen (secondary N) is 1. The van der Waals surface area contributed by atoms with Crippen LogP contribution < -0.4 is 5.32 Å². The van der Waals surface area contributed by atoms with Crippen molar-refractivity contribution >= 4 is 17.4 Å². The van der Waals surface area contributed by atoms with E-state index in [1.54, 1.807) is 11.8 Å². The van der Waals surface area contributed by atoms with E-state index in [4.69, 9.17) is 0 Å². The smallest absolute Gasteiger partial charge is 0.102 e. The largest absolute Gasteiger partial charge is 0.394 e. The summed E-state index contributed by atoms with van der Waals surface area (Å²) in [5.74, 6) is 0.609. The molecule has 3 nitrogen and oxygen atoms in total. The number of anilines is 1. The van der Waals surface area contributed by atoms with Gasteiger partial charge < -0.3 is 10.4 Å². The van der Waals surface area contributed by atoms with Crippen molar-refractivity contribution in [3.8, 4) is 6.07 Å². The van der Waals surface area contributed by atoms with Crippen LogP contribution in [0.25, 0.3) is 0 Å². The van der Waals surface area contributed by atoms with Gasteiger partial charge in [0.15, 0.2) is 0 Å². The van der Waals surface area contributed by atoms with Gasteiger partial charge in [-0.15, -0.1) is 11.8 Å². The number of rotatable bonds is 4. The van der Waals surface area contributed by atoms with Crippen molar-refractivity contribution in [1.82, 2.24) is 0 Å². The number of aliphatic hydroxyl groups excluding tert-OH is 1. The van der Waals surface area contributed by atoms with Gasteiger partial charge in [-0.25, -0.2) is 0 Å². The van der Waals surface area contributed by atoms with Crippen LogP contribution in [-0.4, -0.2) is 23.5 Å². The van der Waals surface area contributed by atoms with E-state index in [1.165, 1.54) is 6.42 Å². The highest BCUT2D eigenvalue weighted by Crippen LogP contribution is 2.36. The zero-order valence-electron chi connectivity index (χ0n) is 12.1. The molecule has 2 N–H and O–H groups in total. The SMILES string of the molecule is CSc1cccc(NC2(CO)CCCC(C)C2)c1C#N. The fourth-order valence-corrected chi connectivity index (χ4v) is 3.74. The summed E-state index contributed by atoms with van der Waals surface area (Å²) in [4.78, 5) is 0.981. The molecule has 0 saturated heterocycles. The molecular weight excluding hydrogens is 268 g/mol. The summed E-state index contributed by atoms with van der Waals surface area (Å²) in [5, 5.41) is 22.7. The van der Waals surface area contributed by atoms with Gasteiger partial charge in [0.05, 0.1) is 23.4 Å². The van der Waals surface area contributed by atoms with Crippen LogP contribution in [0.1, 0.15) is 38.2 Å². The molecule has 4 heteroatoms. The van der Waals surface area contributed by atoms with Crippen molar-refractivity contribution in [3.63, 3.8) is 0 Å². The quantitative estimate of drug-likeness (QED) is 0.831. The van der Waals surface area contributed by atoms with Gasteiger partial charge in [-0.05, 0) is 37.1 Å². The maximum Gasteiger partial charge on any atom is 0.102 e. The van der Waals surface area contributed by atoms with Crippen molar-refractivity contribution in [3.05, 3.63) is 23.8 Å². The lowest BCUT2D eigenvalue weighted by atomic mass is 9.76. The second-order valence-corrected chi connectivity index (χ2v) is 6.61. The molecule has 0 radical (unpaired) electrons. The van der Waals surface area contributed by atoms with Crippen LogP contribution in [0.4, 0.5) is 5.69 Å². The highest BCUT2D eigenvalue weighted by molar-refractivity contribution is 7.98. The van der Waals surface area contributed by atoms with Crippen molar-refractivity contribution in [2.75, 3.05) is 18.2 Å². The maximum atomic E-state index is 9.86. The average Bonchev–Trinajstić information content (AvgIpc) is 2.47. The lowest BCUT2D eigenvalue weighted by Crippen LogP contribution is -2.46. The summed E-state index contributed by atoms with van der Waals surface area (Å²) in [6.45, 7) is 2.35. The number of nitrogens with zero attached hydrogens (tertiary/aromatic N) is 1. The van der Waals surface area contributed by atoms with Gasteiger partial charge in [0.1, 0.15) is 6.07 Å². The fraction of sp³-hybridized carbons (Fsp3) is 0.562. The van der Waals surface area contributed by atoms with E-state index in [-0.39, 0.29) is 12.1 Å². The zero-order chi connectivity index (χ0) is 14.6. The molecule has 20 heavy (non-hydrogen) atoms. The molecular formula is C16H22N2OS. The van der Waals surface area contributed by atoms with Crippen molar-refractivity contribution in [2.45, 2.75) is 43.0 Å². The minimum atomic E-state index is -0.277. The standard InChI is InChI=1S/C16H22N2OS/c1-12-5-4-8-16(9-12,11-19)18-14-6-3-7-15(20-2)13(14)10-17/h3,6-7,12,18-19H,4-5,8-9,11H2,1-2H3. The maximum absolute atomic E-state index is 9.86. The average molecular weight is 290 g/mol. The monoisotopic (exact) mass is 290 g/mol. The Balaban J connectivity index is 2.30. The summed E-state index contributed by atoms with van der Waals surface area (Å²) in [6.07, 6.45) is 6.24. The van der Waals surface area contributed by atoms with Crippen LogP contribution in [0.5, 0.6) is 0 Å². The second-order valence-electron chi connectivity index (χ2n) is 5.76. The predicted molar refractivity (Wildman–Crippen MR) is 84.0 cm³/mol. The molecule has 108 valence electrons. The molecule has 1 aromatic rings. The number of benzene rings is 1. The van der Waals surface area contributed by atoms with Crippen LogP contribution in [-0.2, 0) is 0 Å². The summed E-state index contributed by atoms with van der Waals surface area (Å²) < 4.78 is 0. The molecule has 0 spiro atoms. The highest BCUT2D eigenvalue weighted by atomic mass is 32.2. The van der Waals surface area contributed by atoms with Gasteiger partial charge in [-0.1, -0.05) is 25.8 Å². The minimum Gasteiger partial charge on any atom is -0.394 e.